The Hall–Kier alpha value is -3.49. The van der Waals surface area contributed by atoms with Crippen LogP contribution in [0.4, 0.5) is 11.5 Å². The maximum atomic E-state index is 11.8. The lowest BCUT2D eigenvalue weighted by molar-refractivity contribution is -0.147. The molecule has 1 aromatic carbocycles. The molecule has 9 heteroatoms. The molecule has 2 amide bonds. The van der Waals surface area contributed by atoms with E-state index in [0.717, 1.165) is 0 Å². The van der Waals surface area contributed by atoms with Crippen molar-refractivity contribution in [1.82, 2.24) is 5.16 Å². The monoisotopic (exact) mass is 373 g/mol. The second-order valence-electron chi connectivity index (χ2n) is 5.71. The van der Waals surface area contributed by atoms with Crippen LogP contribution in [0.15, 0.2) is 34.9 Å². The first kappa shape index (κ1) is 19.8. The smallest absolute Gasteiger partial charge is 0.306 e. The Bertz CT molecular complexity index is 841. The van der Waals surface area contributed by atoms with E-state index in [1.54, 1.807) is 31.2 Å². The van der Waals surface area contributed by atoms with Crippen molar-refractivity contribution in [2.45, 2.75) is 26.7 Å². The summed E-state index contributed by atoms with van der Waals surface area (Å²) in [5.74, 6) is -0.938. The van der Waals surface area contributed by atoms with Crippen molar-refractivity contribution >= 4 is 35.1 Å². The van der Waals surface area contributed by atoms with Gasteiger partial charge in [0.2, 0.25) is 5.91 Å². The number of hydrogen-bond acceptors (Lipinski definition) is 7. The number of hydrogen-bond donors (Lipinski definition) is 2. The maximum Gasteiger partial charge on any atom is 0.306 e. The number of rotatable bonds is 8. The summed E-state index contributed by atoms with van der Waals surface area (Å²) in [6.07, 6.45) is -0.273. The van der Waals surface area contributed by atoms with Gasteiger partial charge in [-0.3, -0.25) is 19.2 Å². The molecule has 2 N–H and O–H groups in total. The Morgan fingerprint density at radius 2 is 1.74 bits per heavy atom. The Labute approximate surface area is 155 Å². The third-order valence-electron chi connectivity index (χ3n) is 3.39. The van der Waals surface area contributed by atoms with Crippen molar-refractivity contribution in [1.29, 1.82) is 0 Å². The number of aryl methyl sites for hydroxylation is 1. The van der Waals surface area contributed by atoms with Gasteiger partial charge in [0.05, 0.1) is 6.42 Å². The lowest BCUT2D eigenvalue weighted by Gasteiger charge is -2.06. The SMILES string of the molecule is CC(=O)c1ccc(NC(=O)CCC(=O)OCC(=O)Nc2cc(C)on2)cc1. The van der Waals surface area contributed by atoms with Crippen LogP contribution in [0.3, 0.4) is 0 Å². The number of ketones is 1. The normalized spacial score (nSPS) is 10.1. The fourth-order valence-electron chi connectivity index (χ4n) is 2.05. The third-order valence-corrected chi connectivity index (χ3v) is 3.39. The van der Waals surface area contributed by atoms with E-state index in [0.29, 0.717) is 17.0 Å². The van der Waals surface area contributed by atoms with Crippen LogP contribution in [0.25, 0.3) is 0 Å². The standard InChI is InChI=1S/C18H19N3O6/c1-11-9-15(21-27-11)20-17(24)10-26-18(25)8-7-16(23)19-14-5-3-13(4-6-14)12(2)22/h3-6,9H,7-8,10H2,1-2H3,(H,19,23)(H,20,21,24). The van der Waals surface area contributed by atoms with Crippen LogP contribution < -0.4 is 10.6 Å². The van der Waals surface area contributed by atoms with E-state index in [2.05, 4.69) is 15.8 Å². The summed E-state index contributed by atoms with van der Waals surface area (Å²) in [5.41, 5.74) is 1.05. The number of Topliss-reactive ketones (excluding diaryl/α,β-unsaturated/α-hetero) is 1. The number of nitrogens with one attached hydrogen (secondary N) is 2. The molecule has 0 saturated heterocycles. The average Bonchev–Trinajstić information content (AvgIpc) is 3.03. The molecule has 0 bridgehead atoms. The van der Waals surface area contributed by atoms with Gasteiger partial charge in [-0.25, -0.2) is 0 Å². The summed E-state index contributed by atoms with van der Waals surface area (Å²) in [4.78, 5) is 46.3. The van der Waals surface area contributed by atoms with E-state index in [4.69, 9.17) is 9.26 Å². The van der Waals surface area contributed by atoms with Crippen molar-refractivity contribution < 1.29 is 28.4 Å². The number of carbonyl (C=O) groups is 4. The van der Waals surface area contributed by atoms with Crippen molar-refractivity contribution in [3.8, 4) is 0 Å². The molecule has 2 aromatic rings. The molecule has 0 aliphatic carbocycles. The number of ether oxygens (including phenoxy) is 1. The molecule has 0 unspecified atom stereocenters. The van der Waals surface area contributed by atoms with Crippen molar-refractivity contribution in [2.75, 3.05) is 17.2 Å². The first-order valence-electron chi connectivity index (χ1n) is 8.13. The first-order valence-corrected chi connectivity index (χ1v) is 8.13. The van der Waals surface area contributed by atoms with Crippen LogP contribution in [0.1, 0.15) is 35.9 Å². The van der Waals surface area contributed by atoms with Crippen LogP contribution in [0.2, 0.25) is 0 Å². The number of esters is 1. The molecule has 1 aromatic heterocycles. The summed E-state index contributed by atoms with van der Waals surface area (Å²) >= 11 is 0. The number of anilines is 2. The Morgan fingerprint density at radius 3 is 2.33 bits per heavy atom. The average molecular weight is 373 g/mol. The van der Waals surface area contributed by atoms with Gasteiger partial charge in [-0.1, -0.05) is 5.16 Å². The van der Waals surface area contributed by atoms with Gasteiger partial charge in [-0.2, -0.15) is 0 Å². The van der Waals surface area contributed by atoms with Gasteiger partial charge in [0.25, 0.3) is 5.91 Å². The van der Waals surface area contributed by atoms with Crippen molar-refractivity contribution in [3.63, 3.8) is 0 Å². The zero-order valence-electron chi connectivity index (χ0n) is 14.9. The predicted octanol–water partition coefficient (Wildman–Crippen LogP) is 2.09. The summed E-state index contributed by atoms with van der Waals surface area (Å²) in [7, 11) is 0. The van der Waals surface area contributed by atoms with Crippen molar-refractivity contribution in [2.24, 2.45) is 0 Å². The Morgan fingerprint density at radius 1 is 1.04 bits per heavy atom. The quantitative estimate of drug-likeness (QED) is 0.535. The number of nitrogens with zero attached hydrogens (tertiary/aromatic N) is 1. The molecule has 0 fully saturated rings. The predicted molar refractivity (Wildman–Crippen MR) is 95.1 cm³/mol. The van der Waals surface area contributed by atoms with Crippen LogP contribution >= 0.6 is 0 Å². The molecular formula is C18H19N3O6. The van der Waals surface area contributed by atoms with Crippen LogP contribution in [0.5, 0.6) is 0 Å². The molecule has 2 rings (SSSR count). The number of benzene rings is 1. The highest BCUT2D eigenvalue weighted by molar-refractivity contribution is 5.96. The van der Waals surface area contributed by atoms with Gasteiger partial charge in [0.1, 0.15) is 5.76 Å². The molecular weight excluding hydrogens is 354 g/mol. The molecule has 27 heavy (non-hydrogen) atoms. The number of amides is 2. The van der Waals surface area contributed by atoms with Crippen LogP contribution in [-0.4, -0.2) is 35.3 Å². The zero-order valence-corrected chi connectivity index (χ0v) is 14.9. The fourth-order valence-corrected chi connectivity index (χ4v) is 2.05. The second-order valence-corrected chi connectivity index (χ2v) is 5.71. The van der Waals surface area contributed by atoms with E-state index in [1.807, 2.05) is 0 Å². The van der Waals surface area contributed by atoms with E-state index in [9.17, 15) is 19.2 Å². The number of carbonyl (C=O) groups excluding carboxylic acids is 4. The van der Waals surface area contributed by atoms with Crippen LogP contribution in [0, 0.1) is 6.92 Å². The molecule has 0 spiro atoms. The molecule has 0 aliphatic rings. The van der Waals surface area contributed by atoms with Gasteiger partial charge in [-0.15, -0.1) is 0 Å². The second kappa shape index (κ2) is 9.27. The lowest BCUT2D eigenvalue weighted by Crippen LogP contribution is -2.22. The van der Waals surface area contributed by atoms with E-state index in [-0.39, 0.29) is 30.3 Å². The van der Waals surface area contributed by atoms with E-state index in [1.165, 1.54) is 13.0 Å². The Kier molecular flexibility index (Phi) is 6.81. The molecule has 0 atom stereocenters. The van der Waals surface area contributed by atoms with Crippen LogP contribution in [-0.2, 0) is 19.1 Å². The summed E-state index contributed by atoms with van der Waals surface area (Å²) in [5, 5.41) is 8.59. The summed E-state index contributed by atoms with van der Waals surface area (Å²) in [6.45, 7) is 2.64. The molecule has 9 nitrogen and oxygen atoms in total. The fraction of sp³-hybridized carbons (Fsp3) is 0.278. The highest BCUT2D eigenvalue weighted by Gasteiger charge is 2.12. The lowest BCUT2D eigenvalue weighted by atomic mass is 10.1. The van der Waals surface area contributed by atoms with E-state index < -0.39 is 18.5 Å². The topological polar surface area (TPSA) is 128 Å². The molecule has 0 radical (unpaired) electrons. The van der Waals surface area contributed by atoms with E-state index >= 15 is 0 Å². The molecule has 0 aliphatic heterocycles. The zero-order chi connectivity index (χ0) is 19.8. The Balaban J connectivity index is 1.67. The summed E-state index contributed by atoms with van der Waals surface area (Å²) < 4.78 is 9.59. The maximum absolute atomic E-state index is 11.8. The van der Waals surface area contributed by atoms with Gasteiger partial charge in [0, 0.05) is 23.7 Å². The minimum absolute atomic E-state index is 0.0710. The summed E-state index contributed by atoms with van der Waals surface area (Å²) in [6, 6.07) is 7.92. The van der Waals surface area contributed by atoms with Gasteiger partial charge >= 0.3 is 5.97 Å². The molecule has 142 valence electrons. The molecule has 1 heterocycles. The van der Waals surface area contributed by atoms with Crippen molar-refractivity contribution in [3.05, 3.63) is 41.7 Å². The third kappa shape index (κ3) is 6.73. The minimum Gasteiger partial charge on any atom is -0.456 e. The highest BCUT2D eigenvalue weighted by Crippen LogP contribution is 2.11. The number of aromatic nitrogens is 1. The largest absolute Gasteiger partial charge is 0.456 e. The highest BCUT2D eigenvalue weighted by atomic mass is 16.5. The first-order chi connectivity index (χ1) is 12.8. The van der Waals surface area contributed by atoms with Gasteiger partial charge in [0.15, 0.2) is 18.2 Å². The molecule has 0 saturated carbocycles. The van der Waals surface area contributed by atoms with Gasteiger partial charge in [-0.05, 0) is 38.1 Å². The van der Waals surface area contributed by atoms with Gasteiger partial charge < -0.3 is 19.9 Å². The minimum atomic E-state index is -0.677.